The van der Waals surface area contributed by atoms with Crippen molar-refractivity contribution in [3.05, 3.63) is 36.5 Å². The summed E-state index contributed by atoms with van der Waals surface area (Å²) in [7, 11) is 0. The van der Waals surface area contributed by atoms with Gasteiger partial charge in [0.1, 0.15) is 6.04 Å². The lowest BCUT2D eigenvalue weighted by Gasteiger charge is -2.27. The van der Waals surface area contributed by atoms with E-state index < -0.39 is 6.04 Å². The third-order valence-corrected chi connectivity index (χ3v) is 3.72. The Labute approximate surface area is 102 Å². The van der Waals surface area contributed by atoms with Crippen LogP contribution in [0, 0.1) is 0 Å². The molecule has 1 unspecified atom stereocenters. The molecule has 1 amide bonds. The number of nitrogens with two attached hydrogens (primary N) is 1. The van der Waals surface area contributed by atoms with E-state index in [2.05, 4.69) is 10.4 Å². The number of amidine groups is 1. The number of carbonyl (C=O) groups is 1. The van der Waals surface area contributed by atoms with Crippen LogP contribution in [-0.2, 0) is 4.79 Å². The van der Waals surface area contributed by atoms with Gasteiger partial charge < -0.3 is 4.90 Å². The van der Waals surface area contributed by atoms with Crippen LogP contribution in [0.3, 0.4) is 0 Å². The number of hydrogen-bond acceptors (Lipinski definition) is 5. The van der Waals surface area contributed by atoms with Crippen LogP contribution in [0.5, 0.6) is 0 Å². The normalized spacial score (nSPS) is 20.6. The molecule has 2 aliphatic heterocycles. The molecule has 0 aromatic heterocycles. The molecule has 0 bridgehead atoms. The number of aliphatic imine (C=N–C) groups is 1. The molecule has 0 aliphatic carbocycles. The summed E-state index contributed by atoms with van der Waals surface area (Å²) < 4.78 is 0. The van der Waals surface area contributed by atoms with Crippen molar-refractivity contribution in [2.75, 3.05) is 4.90 Å². The van der Waals surface area contributed by atoms with Crippen molar-refractivity contribution < 1.29 is 4.79 Å². The monoisotopic (exact) mass is 246 g/mol. The van der Waals surface area contributed by atoms with Crippen LogP contribution in [-0.4, -0.2) is 17.1 Å². The van der Waals surface area contributed by atoms with Gasteiger partial charge in [0.15, 0.2) is 5.17 Å². The first-order valence-corrected chi connectivity index (χ1v) is 5.94. The molecule has 3 rings (SSSR count). The van der Waals surface area contributed by atoms with Gasteiger partial charge in [-0.15, -0.1) is 0 Å². The number of nitrogens with zero attached hydrogens (tertiary/aromatic N) is 2. The molecule has 86 valence electrons. The summed E-state index contributed by atoms with van der Waals surface area (Å²) in [5.74, 6) is 4.95. The van der Waals surface area contributed by atoms with Crippen LogP contribution >= 0.6 is 11.8 Å². The molecule has 2 heterocycles. The minimum absolute atomic E-state index is 0.244. The minimum atomic E-state index is -0.427. The Morgan fingerprint density at radius 1 is 1.47 bits per heavy atom. The van der Waals surface area contributed by atoms with Gasteiger partial charge in [-0.2, -0.15) is 0 Å². The third-order valence-electron chi connectivity index (χ3n) is 2.67. The number of nitrogens with one attached hydrogen (secondary N) is 1. The first kappa shape index (κ1) is 10.4. The van der Waals surface area contributed by atoms with Crippen molar-refractivity contribution in [1.82, 2.24) is 5.43 Å². The number of carbonyl (C=O) groups excluding carboxylic acids is 1. The van der Waals surface area contributed by atoms with Crippen LogP contribution in [0.15, 0.2) is 46.4 Å². The predicted molar refractivity (Wildman–Crippen MR) is 67.5 cm³/mol. The highest BCUT2D eigenvalue weighted by Crippen LogP contribution is 2.42. The highest BCUT2D eigenvalue weighted by molar-refractivity contribution is 8.14. The zero-order chi connectivity index (χ0) is 11.8. The summed E-state index contributed by atoms with van der Waals surface area (Å²) >= 11 is 1.56. The number of fused-ring (bicyclic) bond motifs is 3. The molecule has 0 saturated carbocycles. The van der Waals surface area contributed by atoms with Gasteiger partial charge in [-0.1, -0.05) is 12.1 Å². The summed E-state index contributed by atoms with van der Waals surface area (Å²) in [5.41, 5.74) is 3.18. The van der Waals surface area contributed by atoms with E-state index in [9.17, 15) is 4.79 Å². The van der Waals surface area contributed by atoms with E-state index in [4.69, 9.17) is 5.84 Å². The van der Waals surface area contributed by atoms with E-state index in [1.54, 1.807) is 24.0 Å². The number of anilines is 1. The number of amides is 1. The maximum atomic E-state index is 11.7. The lowest BCUT2D eigenvalue weighted by molar-refractivity contribution is -0.121. The predicted octanol–water partition coefficient (Wildman–Crippen LogP) is 0.841. The van der Waals surface area contributed by atoms with Crippen molar-refractivity contribution in [3.8, 4) is 0 Å². The van der Waals surface area contributed by atoms with E-state index in [0.717, 1.165) is 15.8 Å². The summed E-state index contributed by atoms with van der Waals surface area (Å²) in [6.45, 7) is 0. The van der Waals surface area contributed by atoms with Crippen LogP contribution in [0.4, 0.5) is 5.69 Å². The van der Waals surface area contributed by atoms with Crippen LogP contribution in [0.25, 0.3) is 0 Å². The first-order chi connectivity index (χ1) is 8.31. The molecular weight excluding hydrogens is 236 g/mol. The van der Waals surface area contributed by atoms with Gasteiger partial charge in [0, 0.05) is 11.1 Å². The molecular formula is C11H10N4OS. The van der Waals surface area contributed by atoms with Crippen LogP contribution in [0.1, 0.15) is 0 Å². The topological polar surface area (TPSA) is 70.7 Å². The molecule has 3 N–H and O–H groups in total. The van der Waals surface area contributed by atoms with Crippen molar-refractivity contribution in [3.63, 3.8) is 0 Å². The van der Waals surface area contributed by atoms with Gasteiger partial charge in [0.05, 0.1) is 5.69 Å². The van der Waals surface area contributed by atoms with E-state index in [1.165, 1.54) is 0 Å². The van der Waals surface area contributed by atoms with Crippen molar-refractivity contribution in [2.24, 2.45) is 10.8 Å². The second-order valence-corrected chi connectivity index (χ2v) is 4.66. The number of thioether (sulfide) groups is 1. The smallest absolute Gasteiger partial charge is 0.261 e. The summed E-state index contributed by atoms with van der Waals surface area (Å²) in [6.07, 6.45) is 3.37. The Kier molecular flexibility index (Phi) is 2.38. The Balaban J connectivity index is 2.06. The lowest BCUT2D eigenvalue weighted by Crippen LogP contribution is -2.49. The van der Waals surface area contributed by atoms with E-state index >= 15 is 0 Å². The number of benzene rings is 1. The van der Waals surface area contributed by atoms with Gasteiger partial charge in [-0.25, -0.2) is 10.8 Å². The fraction of sp³-hybridized carbons (Fsp3) is 0.0909. The van der Waals surface area contributed by atoms with Gasteiger partial charge in [-0.3, -0.25) is 10.2 Å². The maximum Gasteiger partial charge on any atom is 0.261 e. The lowest BCUT2D eigenvalue weighted by atomic mass is 10.2. The first-order valence-electron chi connectivity index (χ1n) is 5.12. The number of hydrogen-bond donors (Lipinski definition) is 2. The standard InChI is InChI=1S/C11H10N4OS/c12-14-10(16)8-5-6-13-11-15(8)7-3-1-2-4-9(7)17-11/h1-6,8H,12H2,(H,14,16). The van der Waals surface area contributed by atoms with Crippen LogP contribution < -0.4 is 16.2 Å². The van der Waals surface area contributed by atoms with Gasteiger partial charge in [0.2, 0.25) is 0 Å². The zero-order valence-electron chi connectivity index (χ0n) is 8.83. The Hall–Kier alpha value is -1.79. The van der Waals surface area contributed by atoms with Gasteiger partial charge >= 0.3 is 0 Å². The number of para-hydroxylation sites is 1. The second kappa shape index (κ2) is 3.90. The highest BCUT2D eigenvalue weighted by atomic mass is 32.2. The summed E-state index contributed by atoms with van der Waals surface area (Å²) in [6, 6.07) is 7.47. The van der Waals surface area contributed by atoms with E-state index in [1.807, 2.05) is 29.2 Å². The van der Waals surface area contributed by atoms with Crippen molar-refractivity contribution >= 4 is 28.5 Å². The third kappa shape index (κ3) is 1.53. The number of hydrazine groups is 1. The van der Waals surface area contributed by atoms with Gasteiger partial charge in [-0.05, 0) is 30.0 Å². The maximum absolute atomic E-state index is 11.7. The average Bonchev–Trinajstić information content (AvgIpc) is 2.76. The summed E-state index contributed by atoms with van der Waals surface area (Å²) in [5, 5.41) is 0.808. The van der Waals surface area contributed by atoms with Crippen LogP contribution in [0.2, 0.25) is 0 Å². The van der Waals surface area contributed by atoms with Gasteiger partial charge in [0.25, 0.3) is 5.91 Å². The van der Waals surface area contributed by atoms with E-state index in [0.29, 0.717) is 0 Å². The fourth-order valence-electron chi connectivity index (χ4n) is 1.91. The zero-order valence-corrected chi connectivity index (χ0v) is 9.65. The molecule has 0 saturated heterocycles. The average molecular weight is 246 g/mol. The fourth-order valence-corrected chi connectivity index (χ4v) is 2.95. The Bertz CT molecular complexity index is 540. The molecule has 2 aliphatic rings. The molecule has 0 fully saturated rings. The molecule has 1 atom stereocenters. The van der Waals surface area contributed by atoms with E-state index in [-0.39, 0.29) is 5.91 Å². The Morgan fingerprint density at radius 3 is 3.12 bits per heavy atom. The minimum Gasteiger partial charge on any atom is -0.303 e. The molecule has 17 heavy (non-hydrogen) atoms. The largest absolute Gasteiger partial charge is 0.303 e. The van der Waals surface area contributed by atoms with Crippen molar-refractivity contribution in [1.29, 1.82) is 0 Å². The molecule has 0 radical (unpaired) electrons. The molecule has 1 aromatic rings. The second-order valence-electron chi connectivity index (χ2n) is 3.65. The quantitative estimate of drug-likeness (QED) is 0.437. The number of rotatable bonds is 1. The Morgan fingerprint density at radius 2 is 2.29 bits per heavy atom. The molecule has 6 heteroatoms. The molecule has 0 spiro atoms. The molecule has 1 aromatic carbocycles. The highest BCUT2D eigenvalue weighted by Gasteiger charge is 2.35. The summed E-state index contributed by atoms with van der Waals surface area (Å²) in [4.78, 5) is 19.0. The van der Waals surface area contributed by atoms with Crippen molar-refractivity contribution in [2.45, 2.75) is 10.9 Å². The SMILES string of the molecule is NNC(=O)C1C=CN=C2Sc3ccccc3N21. The molecule has 5 nitrogen and oxygen atoms in total.